The highest BCUT2D eigenvalue weighted by molar-refractivity contribution is 5.92. The van der Waals surface area contributed by atoms with Crippen molar-refractivity contribution in [3.8, 4) is 0 Å². The molecule has 0 unspecified atom stereocenters. The third kappa shape index (κ3) is 1.77. The van der Waals surface area contributed by atoms with Gasteiger partial charge in [-0.1, -0.05) is 12.1 Å². The molecule has 1 aliphatic rings. The molecule has 0 saturated heterocycles. The average Bonchev–Trinajstić information content (AvgIpc) is 2.37. The number of hydrogen-bond acceptors (Lipinski definition) is 2. The van der Waals surface area contributed by atoms with Crippen molar-refractivity contribution < 1.29 is 4.79 Å². The number of carbonyl (C=O) groups is 1. The van der Waals surface area contributed by atoms with Gasteiger partial charge in [0, 0.05) is 18.7 Å². The highest BCUT2D eigenvalue weighted by atomic mass is 16.1. The SMILES string of the molecule is NCc1ccc2c(c1)NC(=O)CCC2. The summed E-state index contributed by atoms with van der Waals surface area (Å²) in [6.45, 7) is 0.517. The van der Waals surface area contributed by atoms with Crippen LogP contribution < -0.4 is 11.1 Å². The van der Waals surface area contributed by atoms with Gasteiger partial charge in [-0.25, -0.2) is 0 Å². The van der Waals surface area contributed by atoms with Crippen LogP contribution in [0.1, 0.15) is 24.0 Å². The minimum atomic E-state index is 0.109. The molecule has 0 aromatic heterocycles. The lowest BCUT2D eigenvalue weighted by molar-refractivity contribution is -0.116. The molecule has 14 heavy (non-hydrogen) atoms. The first-order chi connectivity index (χ1) is 6.79. The molecule has 74 valence electrons. The minimum Gasteiger partial charge on any atom is -0.326 e. The van der Waals surface area contributed by atoms with Gasteiger partial charge in [-0.15, -0.1) is 0 Å². The maximum atomic E-state index is 11.3. The maximum Gasteiger partial charge on any atom is 0.224 e. The van der Waals surface area contributed by atoms with Crippen molar-refractivity contribution in [3.63, 3.8) is 0 Å². The molecule has 1 aromatic carbocycles. The third-order valence-electron chi connectivity index (χ3n) is 2.53. The Hall–Kier alpha value is -1.35. The number of anilines is 1. The number of carbonyl (C=O) groups excluding carboxylic acids is 1. The molecule has 3 heteroatoms. The van der Waals surface area contributed by atoms with Crippen molar-refractivity contribution in [3.05, 3.63) is 29.3 Å². The summed E-state index contributed by atoms with van der Waals surface area (Å²) in [7, 11) is 0. The number of amides is 1. The van der Waals surface area contributed by atoms with Crippen molar-refractivity contribution >= 4 is 11.6 Å². The van der Waals surface area contributed by atoms with Crippen LogP contribution in [0.4, 0.5) is 5.69 Å². The minimum absolute atomic E-state index is 0.109. The first kappa shape index (κ1) is 9.21. The average molecular weight is 190 g/mol. The quantitative estimate of drug-likeness (QED) is 0.703. The van der Waals surface area contributed by atoms with Gasteiger partial charge in [0.1, 0.15) is 0 Å². The molecule has 1 amide bonds. The molecule has 0 aliphatic carbocycles. The summed E-state index contributed by atoms with van der Waals surface area (Å²) in [5.41, 5.74) is 8.76. The van der Waals surface area contributed by atoms with Gasteiger partial charge in [-0.2, -0.15) is 0 Å². The summed E-state index contributed by atoms with van der Waals surface area (Å²) in [5, 5.41) is 2.90. The van der Waals surface area contributed by atoms with Crippen molar-refractivity contribution in [2.45, 2.75) is 25.8 Å². The highest BCUT2D eigenvalue weighted by Crippen LogP contribution is 2.22. The Bertz CT molecular complexity index is 360. The first-order valence-electron chi connectivity index (χ1n) is 4.91. The molecule has 3 nitrogen and oxygen atoms in total. The van der Waals surface area contributed by atoms with E-state index < -0.39 is 0 Å². The zero-order valence-electron chi connectivity index (χ0n) is 8.05. The van der Waals surface area contributed by atoms with E-state index in [-0.39, 0.29) is 5.91 Å². The fourth-order valence-electron chi connectivity index (χ4n) is 1.74. The van der Waals surface area contributed by atoms with Crippen LogP contribution >= 0.6 is 0 Å². The van der Waals surface area contributed by atoms with Gasteiger partial charge in [-0.3, -0.25) is 4.79 Å². The van der Waals surface area contributed by atoms with Crippen molar-refractivity contribution in [1.29, 1.82) is 0 Å². The van der Waals surface area contributed by atoms with Gasteiger partial charge < -0.3 is 11.1 Å². The lowest BCUT2D eigenvalue weighted by Crippen LogP contribution is -2.09. The summed E-state index contributed by atoms with van der Waals surface area (Å²) in [6, 6.07) is 6.05. The second-order valence-electron chi connectivity index (χ2n) is 3.60. The van der Waals surface area contributed by atoms with E-state index in [0.717, 1.165) is 24.1 Å². The molecule has 3 N–H and O–H groups in total. The largest absolute Gasteiger partial charge is 0.326 e. The van der Waals surface area contributed by atoms with Crippen molar-refractivity contribution in [1.82, 2.24) is 0 Å². The van der Waals surface area contributed by atoms with Gasteiger partial charge in [-0.05, 0) is 30.0 Å². The summed E-state index contributed by atoms with van der Waals surface area (Å²) in [5.74, 6) is 0.109. The second kappa shape index (κ2) is 3.80. The standard InChI is InChI=1S/C11H14N2O/c12-7-8-4-5-9-2-1-3-11(14)13-10(9)6-8/h4-6H,1-3,7,12H2,(H,13,14). The monoisotopic (exact) mass is 190 g/mol. The number of aryl methyl sites for hydroxylation is 1. The Kier molecular flexibility index (Phi) is 2.50. The molecule has 2 rings (SSSR count). The van der Waals surface area contributed by atoms with E-state index in [1.165, 1.54) is 5.56 Å². The van der Waals surface area contributed by atoms with E-state index in [4.69, 9.17) is 5.73 Å². The Balaban J connectivity index is 2.36. The Morgan fingerprint density at radius 1 is 1.36 bits per heavy atom. The topological polar surface area (TPSA) is 55.1 Å². The number of nitrogens with one attached hydrogen (secondary N) is 1. The van der Waals surface area contributed by atoms with Crippen LogP contribution in [0.5, 0.6) is 0 Å². The number of benzene rings is 1. The summed E-state index contributed by atoms with van der Waals surface area (Å²) in [4.78, 5) is 11.3. The molecular weight excluding hydrogens is 176 g/mol. The van der Waals surface area contributed by atoms with E-state index in [9.17, 15) is 4.79 Å². The van der Waals surface area contributed by atoms with Crippen LogP contribution in [0.2, 0.25) is 0 Å². The van der Waals surface area contributed by atoms with Gasteiger partial charge in [0.05, 0.1) is 0 Å². The van der Waals surface area contributed by atoms with Crippen LogP contribution in [0.15, 0.2) is 18.2 Å². The van der Waals surface area contributed by atoms with Crippen molar-refractivity contribution in [2.24, 2.45) is 5.73 Å². The predicted octanol–water partition coefficient (Wildman–Crippen LogP) is 1.42. The number of fused-ring (bicyclic) bond motifs is 1. The fraction of sp³-hybridized carbons (Fsp3) is 0.364. The zero-order chi connectivity index (χ0) is 9.97. The molecule has 0 bridgehead atoms. The number of hydrogen-bond donors (Lipinski definition) is 2. The van der Waals surface area contributed by atoms with Gasteiger partial charge in [0.2, 0.25) is 5.91 Å². The molecule has 1 aliphatic heterocycles. The third-order valence-corrected chi connectivity index (χ3v) is 2.53. The summed E-state index contributed by atoms with van der Waals surface area (Å²) >= 11 is 0. The molecule has 0 spiro atoms. The van der Waals surface area contributed by atoms with E-state index >= 15 is 0 Å². The van der Waals surface area contributed by atoms with Crippen LogP contribution in [0.3, 0.4) is 0 Å². The normalized spacial score (nSPS) is 15.6. The van der Waals surface area contributed by atoms with Crippen LogP contribution in [-0.2, 0) is 17.8 Å². The van der Waals surface area contributed by atoms with E-state index in [2.05, 4.69) is 11.4 Å². The van der Waals surface area contributed by atoms with E-state index in [0.29, 0.717) is 13.0 Å². The first-order valence-corrected chi connectivity index (χ1v) is 4.91. The van der Waals surface area contributed by atoms with Crippen LogP contribution in [0, 0.1) is 0 Å². The van der Waals surface area contributed by atoms with E-state index in [1.807, 2.05) is 12.1 Å². The molecule has 1 heterocycles. The summed E-state index contributed by atoms with van der Waals surface area (Å²) < 4.78 is 0. The second-order valence-corrected chi connectivity index (χ2v) is 3.60. The Morgan fingerprint density at radius 3 is 3.00 bits per heavy atom. The lowest BCUT2D eigenvalue weighted by Gasteiger charge is -2.07. The van der Waals surface area contributed by atoms with Crippen LogP contribution in [0.25, 0.3) is 0 Å². The van der Waals surface area contributed by atoms with Gasteiger partial charge in [0.25, 0.3) is 0 Å². The molecule has 1 aromatic rings. The fourth-order valence-corrected chi connectivity index (χ4v) is 1.74. The Labute approximate surface area is 83.3 Å². The van der Waals surface area contributed by atoms with Crippen molar-refractivity contribution in [2.75, 3.05) is 5.32 Å². The molecular formula is C11H14N2O. The zero-order valence-corrected chi connectivity index (χ0v) is 8.05. The van der Waals surface area contributed by atoms with E-state index in [1.54, 1.807) is 0 Å². The smallest absolute Gasteiger partial charge is 0.224 e. The van der Waals surface area contributed by atoms with Gasteiger partial charge >= 0.3 is 0 Å². The lowest BCUT2D eigenvalue weighted by atomic mass is 10.1. The molecule has 0 fully saturated rings. The molecule has 0 radical (unpaired) electrons. The molecule has 0 atom stereocenters. The van der Waals surface area contributed by atoms with Gasteiger partial charge in [0.15, 0.2) is 0 Å². The number of nitrogens with two attached hydrogens (primary N) is 1. The number of rotatable bonds is 1. The Morgan fingerprint density at radius 2 is 2.21 bits per heavy atom. The highest BCUT2D eigenvalue weighted by Gasteiger charge is 2.12. The van der Waals surface area contributed by atoms with Crippen LogP contribution in [-0.4, -0.2) is 5.91 Å². The predicted molar refractivity (Wildman–Crippen MR) is 55.9 cm³/mol. The summed E-state index contributed by atoms with van der Waals surface area (Å²) in [6.07, 6.45) is 2.52. The maximum absolute atomic E-state index is 11.3. The molecule has 0 saturated carbocycles.